The molecular weight excluding hydrogens is 408 g/mol. The van der Waals surface area contributed by atoms with E-state index in [1.807, 2.05) is 42.5 Å². The quantitative estimate of drug-likeness (QED) is 0.410. The first kappa shape index (κ1) is 22.7. The largest absolute Gasteiger partial charge is 0.465 e. The number of rotatable bonds is 6. The van der Waals surface area contributed by atoms with Gasteiger partial charge in [0, 0.05) is 5.69 Å². The Bertz CT molecular complexity index is 1090. The van der Waals surface area contributed by atoms with Crippen LogP contribution < -0.4 is 10.6 Å². The Morgan fingerprint density at radius 2 is 1.44 bits per heavy atom. The standard InChI is InChI=1S/C25H24N2O5/c1-25(31,20-12-8-18(9-13-20)17-6-4-3-5-7-17)16-26-22(28)23(29)27-21-14-10-19(11-15-21)24(30)32-2/h3-15,31H,16H2,1-2H3,(H,26,28)(H,27,29)/t25-/m1/s1. The summed E-state index contributed by atoms with van der Waals surface area (Å²) in [4.78, 5) is 35.8. The minimum absolute atomic E-state index is 0.148. The number of esters is 1. The lowest BCUT2D eigenvalue weighted by Crippen LogP contribution is -2.43. The molecular formula is C25H24N2O5. The minimum atomic E-state index is -1.37. The average molecular weight is 432 g/mol. The van der Waals surface area contributed by atoms with Gasteiger partial charge in [-0.1, -0.05) is 54.6 Å². The molecule has 0 spiro atoms. The van der Waals surface area contributed by atoms with Gasteiger partial charge in [-0.3, -0.25) is 9.59 Å². The first-order valence-electron chi connectivity index (χ1n) is 9.96. The highest BCUT2D eigenvalue weighted by Gasteiger charge is 2.25. The number of benzene rings is 3. The van der Waals surface area contributed by atoms with Gasteiger partial charge in [0.15, 0.2) is 0 Å². The monoisotopic (exact) mass is 432 g/mol. The molecule has 1 atom stereocenters. The number of nitrogens with one attached hydrogen (secondary N) is 2. The molecule has 3 rings (SSSR count). The molecule has 0 aliphatic heterocycles. The van der Waals surface area contributed by atoms with Crippen molar-refractivity contribution in [3.05, 3.63) is 90.0 Å². The van der Waals surface area contributed by atoms with Crippen LogP contribution in [0.1, 0.15) is 22.8 Å². The van der Waals surface area contributed by atoms with Crippen LogP contribution in [0.4, 0.5) is 5.69 Å². The lowest BCUT2D eigenvalue weighted by atomic mass is 9.93. The van der Waals surface area contributed by atoms with E-state index < -0.39 is 23.4 Å². The normalized spacial score (nSPS) is 12.3. The third-order valence-corrected chi connectivity index (χ3v) is 4.98. The van der Waals surface area contributed by atoms with Crippen LogP contribution in [-0.4, -0.2) is 36.5 Å². The van der Waals surface area contributed by atoms with Gasteiger partial charge in [0.25, 0.3) is 0 Å². The second-order valence-corrected chi connectivity index (χ2v) is 7.42. The van der Waals surface area contributed by atoms with Crippen molar-refractivity contribution in [1.29, 1.82) is 0 Å². The molecule has 164 valence electrons. The van der Waals surface area contributed by atoms with Crippen LogP contribution in [0.25, 0.3) is 11.1 Å². The third-order valence-electron chi connectivity index (χ3n) is 4.98. The number of ether oxygens (including phenoxy) is 1. The van der Waals surface area contributed by atoms with E-state index in [1.54, 1.807) is 19.1 Å². The number of carbonyl (C=O) groups excluding carboxylic acids is 3. The number of aliphatic hydroxyl groups is 1. The van der Waals surface area contributed by atoms with Gasteiger partial charge >= 0.3 is 17.8 Å². The summed E-state index contributed by atoms with van der Waals surface area (Å²) in [5.41, 5.74) is 1.98. The Morgan fingerprint density at radius 1 is 0.844 bits per heavy atom. The number of carbonyl (C=O) groups is 3. The molecule has 0 radical (unpaired) electrons. The van der Waals surface area contributed by atoms with E-state index in [9.17, 15) is 19.5 Å². The fourth-order valence-corrected chi connectivity index (χ4v) is 3.08. The molecule has 0 bridgehead atoms. The van der Waals surface area contributed by atoms with Gasteiger partial charge in [0.05, 0.1) is 19.2 Å². The predicted molar refractivity (Wildman–Crippen MR) is 121 cm³/mol. The second kappa shape index (κ2) is 9.89. The van der Waals surface area contributed by atoms with Gasteiger partial charge in [0.1, 0.15) is 5.60 Å². The summed E-state index contributed by atoms with van der Waals surface area (Å²) in [5.74, 6) is -2.27. The van der Waals surface area contributed by atoms with Gasteiger partial charge in [-0.25, -0.2) is 4.79 Å². The van der Waals surface area contributed by atoms with Crippen molar-refractivity contribution in [2.45, 2.75) is 12.5 Å². The van der Waals surface area contributed by atoms with E-state index in [0.717, 1.165) is 11.1 Å². The third kappa shape index (κ3) is 5.59. The zero-order chi connectivity index (χ0) is 23.1. The van der Waals surface area contributed by atoms with E-state index in [4.69, 9.17) is 0 Å². The van der Waals surface area contributed by atoms with Crippen molar-refractivity contribution in [2.75, 3.05) is 19.0 Å². The maximum absolute atomic E-state index is 12.2. The molecule has 0 unspecified atom stereocenters. The molecule has 2 amide bonds. The first-order valence-corrected chi connectivity index (χ1v) is 9.96. The van der Waals surface area contributed by atoms with Crippen LogP contribution in [-0.2, 0) is 19.9 Å². The maximum atomic E-state index is 12.2. The summed E-state index contributed by atoms with van der Waals surface area (Å²) < 4.78 is 4.61. The molecule has 7 nitrogen and oxygen atoms in total. The molecule has 3 aromatic carbocycles. The van der Waals surface area contributed by atoms with E-state index >= 15 is 0 Å². The van der Waals surface area contributed by atoms with Crippen molar-refractivity contribution in [2.24, 2.45) is 0 Å². The molecule has 0 aliphatic rings. The number of hydrogen-bond acceptors (Lipinski definition) is 5. The molecule has 0 fully saturated rings. The van der Waals surface area contributed by atoms with E-state index in [0.29, 0.717) is 16.8 Å². The van der Waals surface area contributed by atoms with Gasteiger partial charge in [0.2, 0.25) is 0 Å². The fraction of sp³-hybridized carbons (Fsp3) is 0.160. The van der Waals surface area contributed by atoms with E-state index in [1.165, 1.54) is 31.4 Å². The smallest absolute Gasteiger partial charge is 0.337 e. The summed E-state index contributed by atoms with van der Waals surface area (Å²) in [6.07, 6.45) is 0. The molecule has 7 heteroatoms. The lowest BCUT2D eigenvalue weighted by molar-refractivity contribution is -0.136. The highest BCUT2D eigenvalue weighted by molar-refractivity contribution is 6.39. The fourth-order valence-electron chi connectivity index (χ4n) is 3.08. The van der Waals surface area contributed by atoms with Gasteiger partial charge in [-0.15, -0.1) is 0 Å². The van der Waals surface area contributed by atoms with Crippen LogP contribution in [0, 0.1) is 0 Å². The van der Waals surface area contributed by atoms with Gasteiger partial charge < -0.3 is 20.5 Å². The predicted octanol–water partition coefficient (Wildman–Crippen LogP) is 3.10. The van der Waals surface area contributed by atoms with Gasteiger partial charge in [-0.2, -0.15) is 0 Å². The van der Waals surface area contributed by atoms with Crippen LogP contribution >= 0.6 is 0 Å². The summed E-state index contributed by atoms with van der Waals surface area (Å²) in [5, 5.41) is 15.7. The van der Waals surface area contributed by atoms with Crippen molar-refractivity contribution in [3.8, 4) is 11.1 Å². The summed E-state index contributed by atoms with van der Waals surface area (Å²) in [7, 11) is 1.27. The molecule has 3 aromatic rings. The zero-order valence-corrected chi connectivity index (χ0v) is 17.8. The maximum Gasteiger partial charge on any atom is 0.337 e. The average Bonchev–Trinajstić information content (AvgIpc) is 2.83. The molecule has 32 heavy (non-hydrogen) atoms. The van der Waals surface area contributed by atoms with Gasteiger partial charge in [-0.05, 0) is 47.9 Å². The van der Waals surface area contributed by atoms with Crippen molar-refractivity contribution < 1.29 is 24.2 Å². The van der Waals surface area contributed by atoms with Crippen LogP contribution in [0.5, 0.6) is 0 Å². The Kier molecular flexibility index (Phi) is 7.02. The number of anilines is 1. The molecule has 0 saturated heterocycles. The van der Waals surface area contributed by atoms with E-state index in [-0.39, 0.29) is 6.54 Å². The topological polar surface area (TPSA) is 105 Å². The lowest BCUT2D eigenvalue weighted by Gasteiger charge is -2.24. The van der Waals surface area contributed by atoms with Crippen molar-refractivity contribution >= 4 is 23.5 Å². The SMILES string of the molecule is COC(=O)c1ccc(NC(=O)C(=O)NC[C@@](C)(O)c2ccc(-c3ccccc3)cc2)cc1. The number of methoxy groups -OCH3 is 1. The Balaban J connectivity index is 1.57. The highest BCUT2D eigenvalue weighted by atomic mass is 16.5. The number of hydrogen-bond donors (Lipinski definition) is 3. The molecule has 3 N–H and O–H groups in total. The van der Waals surface area contributed by atoms with Crippen LogP contribution in [0.2, 0.25) is 0 Å². The molecule has 0 aromatic heterocycles. The zero-order valence-electron chi connectivity index (χ0n) is 17.8. The first-order chi connectivity index (χ1) is 15.3. The summed E-state index contributed by atoms with van der Waals surface area (Å²) >= 11 is 0. The molecule has 0 saturated carbocycles. The van der Waals surface area contributed by atoms with Crippen LogP contribution in [0.3, 0.4) is 0 Å². The van der Waals surface area contributed by atoms with E-state index in [2.05, 4.69) is 15.4 Å². The second-order valence-electron chi connectivity index (χ2n) is 7.42. The summed E-state index contributed by atoms with van der Waals surface area (Å²) in [6.45, 7) is 1.42. The summed E-state index contributed by atoms with van der Waals surface area (Å²) in [6, 6.07) is 23.1. The molecule has 0 heterocycles. The Morgan fingerprint density at radius 3 is 2.03 bits per heavy atom. The van der Waals surface area contributed by atoms with Crippen LogP contribution in [0.15, 0.2) is 78.9 Å². The van der Waals surface area contributed by atoms with Crippen molar-refractivity contribution in [1.82, 2.24) is 5.32 Å². The molecule has 0 aliphatic carbocycles. The van der Waals surface area contributed by atoms with Crippen molar-refractivity contribution in [3.63, 3.8) is 0 Å². The highest BCUT2D eigenvalue weighted by Crippen LogP contribution is 2.24. The number of amides is 2. The minimum Gasteiger partial charge on any atom is -0.465 e. The Hall–Kier alpha value is -3.97. The Labute approximate surface area is 186 Å².